The quantitative estimate of drug-likeness (QED) is 0.657. The van der Waals surface area contributed by atoms with E-state index in [1.54, 1.807) is 23.0 Å². The SMILES string of the molecule is COc1ccc(NCc2cnn(C)c2)c([N+](=O)[O-])c1. The Morgan fingerprint density at radius 2 is 2.32 bits per heavy atom. The van der Waals surface area contributed by atoms with Crippen molar-refractivity contribution in [2.45, 2.75) is 6.54 Å². The molecule has 2 rings (SSSR count). The molecule has 19 heavy (non-hydrogen) atoms. The lowest BCUT2D eigenvalue weighted by Crippen LogP contribution is -2.02. The molecule has 0 aliphatic heterocycles. The third-order valence-electron chi connectivity index (χ3n) is 2.64. The normalized spacial score (nSPS) is 10.2. The van der Waals surface area contributed by atoms with Crippen LogP contribution < -0.4 is 10.1 Å². The van der Waals surface area contributed by atoms with Crippen molar-refractivity contribution in [2.75, 3.05) is 12.4 Å². The molecule has 1 N–H and O–H groups in total. The summed E-state index contributed by atoms with van der Waals surface area (Å²) in [5.41, 5.74) is 1.39. The van der Waals surface area contributed by atoms with Gasteiger partial charge in [0.1, 0.15) is 11.4 Å². The number of methoxy groups -OCH3 is 1. The van der Waals surface area contributed by atoms with Gasteiger partial charge in [-0.25, -0.2) is 0 Å². The molecule has 0 saturated carbocycles. The molecule has 0 fully saturated rings. The summed E-state index contributed by atoms with van der Waals surface area (Å²) in [6.07, 6.45) is 3.56. The highest BCUT2D eigenvalue weighted by Crippen LogP contribution is 2.29. The molecule has 0 radical (unpaired) electrons. The van der Waals surface area contributed by atoms with Gasteiger partial charge in [-0.1, -0.05) is 0 Å². The molecule has 1 heterocycles. The highest BCUT2D eigenvalue weighted by molar-refractivity contribution is 5.63. The van der Waals surface area contributed by atoms with Crippen molar-refractivity contribution < 1.29 is 9.66 Å². The second-order valence-corrected chi connectivity index (χ2v) is 4.02. The van der Waals surface area contributed by atoms with Crippen LogP contribution in [-0.2, 0) is 13.6 Å². The highest BCUT2D eigenvalue weighted by atomic mass is 16.6. The lowest BCUT2D eigenvalue weighted by atomic mass is 10.2. The minimum atomic E-state index is -0.436. The summed E-state index contributed by atoms with van der Waals surface area (Å²) in [6.45, 7) is 0.473. The molecule has 0 aliphatic rings. The first kappa shape index (κ1) is 12.9. The number of hydrogen-bond donors (Lipinski definition) is 1. The molecule has 1 aromatic carbocycles. The topological polar surface area (TPSA) is 82.2 Å². The Bertz CT molecular complexity index is 594. The number of rotatable bonds is 5. The molecular formula is C12H14N4O3. The molecule has 0 aliphatic carbocycles. The van der Waals surface area contributed by atoms with Crippen LogP contribution >= 0.6 is 0 Å². The molecule has 0 atom stereocenters. The molecule has 7 heteroatoms. The number of nitrogens with zero attached hydrogens (tertiary/aromatic N) is 3. The molecule has 0 spiro atoms. The van der Waals surface area contributed by atoms with Crippen molar-refractivity contribution in [3.05, 3.63) is 46.3 Å². The highest BCUT2D eigenvalue weighted by Gasteiger charge is 2.14. The van der Waals surface area contributed by atoms with Crippen molar-refractivity contribution in [1.29, 1.82) is 0 Å². The Morgan fingerprint density at radius 3 is 2.89 bits per heavy atom. The molecule has 2 aromatic rings. The van der Waals surface area contributed by atoms with E-state index >= 15 is 0 Å². The summed E-state index contributed by atoms with van der Waals surface area (Å²) in [6, 6.07) is 4.71. The fraction of sp³-hybridized carbons (Fsp3) is 0.250. The molecule has 0 saturated heterocycles. The largest absolute Gasteiger partial charge is 0.496 e. The molecule has 0 bridgehead atoms. The summed E-state index contributed by atoms with van der Waals surface area (Å²) >= 11 is 0. The van der Waals surface area contributed by atoms with E-state index in [0.717, 1.165) is 5.56 Å². The first-order chi connectivity index (χ1) is 9.10. The van der Waals surface area contributed by atoms with Gasteiger partial charge in [0.05, 0.1) is 24.3 Å². The van der Waals surface area contributed by atoms with E-state index in [-0.39, 0.29) is 5.69 Å². The average Bonchev–Trinajstić information content (AvgIpc) is 2.82. The number of aromatic nitrogens is 2. The third kappa shape index (κ3) is 3.01. The van der Waals surface area contributed by atoms with Gasteiger partial charge >= 0.3 is 0 Å². The lowest BCUT2D eigenvalue weighted by Gasteiger charge is -2.07. The Labute approximate surface area is 110 Å². The number of nitrogens with one attached hydrogen (secondary N) is 1. The van der Waals surface area contributed by atoms with Crippen molar-refractivity contribution in [3.8, 4) is 5.75 Å². The second kappa shape index (κ2) is 5.38. The van der Waals surface area contributed by atoms with E-state index in [1.165, 1.54) is 13.2 Å². The van der Waals surface area contributed by atoms with Gasteiger partial charge in [-0.2, -0.15) is 5.10 Å². The number of hydrogen-bond acceptors (Lipinski definition) is 5. The number of anilines is 1. The molecule has 0 unspecified atom stereocenters. The van der Waals surface area contributed by atoms with Crippen LogP contribution in [0.25, 0.3) is 0 Å². The van der Waals surface area contributed by atoms with Crippen LogP contribution in [0.1, 0.15) is 5.56 Å². The summed E-state index contributed by atoms with van der Waals surface area (Å²) in [4.78, 5) is 10.6. The van der Waals surface area contributed by atoms with Gasteiger partial charge in [0, 0.05) is 25.4 Å². The van der Waals surface area contributed by atoms with Crippen molar-refractivity contribution >= 4 is 11.4 Å². The zero-order valence-electron chi connectivity index (χ0n) is 10.7. The molecular weight excluding hydrogens is 248 g/mol. The Balaban J connectivity index is 2.17. The molecule has 1 aromatic heterocycles. The van der Waals surface area contributed by atoms with Gasteiger partial charge < -0.3 is 10.1 Å². The predicted molar refractivity (Wildman–Crippen MR) is 70.2 cm³/mol. The van der Waals surface area contributed by atoms with Gasteiger partial charge in [0.25, 0.3) is 5.69 Å². The van der Waals surface area contributed by atoms with Crippen LogP contribution in [0.15, 0.2) is 30.6 Å². The third-order valence-corrected chi connectivity index (χ3v) is 2.64. The summed E-state index contributed by atoms with van der Waals surface area (Å²) < 4.78 is 6.66. The van der Waals surface area contributed by atoms with Crippen molar-refractivity contribution in [2.24, 2.45) is 7.05 Å². The first-order valence-electron chi connectivity index (χ1n) is 5.64. The maximum Gasteiger partial charge on any atom is 0.296 e. The molecule has 100 valence electrons. The van der Waals surface area contributed by atoms with E-state index in [9.17, 15) is 10.1 Å². The van der Waals surface area contributed by atoms with E-state index < -0.39 is 4.92 Å². The van der Waals surface area contributed by atoms with Crippen LogP contribution in [0, 0.1) is 10.1 Å². The Kier molecular flexibility index (Phi) is 3.65. The van der Waals surface area contributed by atoms with Crippen LogP contribution in [0.4, 0.5) is 11.4 Å². The van der Waals surface area contributed by atoms with Crippen LogP contribution in [0.2, 0.25) is 0 Å². The van der Waals surface area contributed by atoms with Crippen LogP contribution in [0.3, 0.4) is 0 Å². The number of aryl methyl sites for hydroxylation is 1. The maximum absolute atomic E-state index is 11.0. The van der Waals surface area contributed by atoms with Gasteiger partial charge in [0.2, 0.25) is 0 Å². The van der Waals surface area contributed by atoms with Gasteiger partial charge in [-0.3, -0.25) is 14.8 Å². The zero-order chi connectivity index (χ0) is 13.8. The van der Waals surface area contributed by atoms with Crippen LogP contribution in [-0.4, -0.2) is 21.8 Å². The standard InChI is InChI=1S/C12H14N4O3/c1-15-8-9(7-14-15)6-13-11-4-3-10(19-2)5-12(11)16(17)18/h3-5,7-8,13H,6H2,1-2H3. The van der Waals surface area contributed by atoms with Crippen molar-refractivity contribution in [1.82, 2.24) is 9.78 Å². The molecule has 7 nitrogen and oxygen atoms in total. The monoisotopic (exact) mass is 262 g/mol. The summed E-state index contributed by atoms with van der Waals surface area (Å²) in [5, 5.41) is 18.1. The smallest absolute Gasteiger partial charge is 0.296 e. The average molecular weight is 262 g/mol. The minimum absolute atomic E-state index is 0.0109. The van der Waals surface area contributed by atoms with Crippen LogP contribution in [0.5, 0.6) is 5.75 Å². The predicted octanol–water partition coefficient (Wildman–Crippen LogP) is 1.95. The Morgan fingerprint density at radius 1 is 1.53 bits per heavy atom. The lowest BCUT2D eigenvalue weighted by molar-refractivity contribution is -0.384. The fourth-order valence-electron chi connectivity index (χ4n) is 1.70. The first-order valence-corrected chi connectivity index (χ1v) is 5.64. The van der Waals surface area contributed by atoms with E-state index in [1.807, 2.05) is 13.2 Å². The minimum Gasteiger partial charge on any atom is -0.496 e. The van der Waals surface area contributed by atoms with Gasteiger partial charge in [-0.15, -0.1) is 0 Å². The van der Waals surface area contributed by atoms with E-state index in [4.69, 9.17) is 4.74 Å². The Hall–Kier alpha value is -2.57. The zero-order valence-corrected chi connectivity index (χ0v) is 10.7. The van der Waals surface area contributed by atoms with E-state index in [2.05, 4.69) is 10.4 Å². The summed E-state index contributed by atoms with van der Waals surface area (Å²) in [5.74, 6) is 0.457. The summed E-state index contributed by atoms with van der Waals surface area (Å²) in [7, 11) is 3.29. The fourth-order valence-corrected chi connectivity index (χ4v) is 1.70. The van der Waals surface area contributed by atoms with Gasteiger partial charge in [0.15, 0.2) is 0 Å². The van der Waals surface area contributed by atoms with E-state index in [0.29, 0.717) is 18.0 Å². The number of nitro groups is 1. The molecule has 0 amide bonds. The van der Waals surface area contributed by atoms with Crippen molar-refractivity contribution in [3.63, 3.8) is 0 Å². The number of nitro benzene ring substituents is 1. The number of ether oxygens (including phenoxy) is 1. The maximum atomic E-state index is 11.0. The number of benzene rings is 1. The van der Waals surface area contributed by atoms with Gasteiger partial charge in [-0.05, 0) is 12.1 Å². The second-order valence-electron chi connectivity index (χ2n) is 4.02.